The number of carbonyl (C=O) groups is 1. The van der Waals surface area contributed by atoms with Gasteiger partial charge in [-0.15, -0.1) is 0 Å². The van der Waals surface area contributed by atoms with Crippen molar-refractivity contribution in [1.82, 2.24) is 4.90 Å². The van der Waals surface area contributed by atoms with Crippen molar-refractivity contribution in [3.8, 4) is 5.75 Å². The Hall–Kier alpha value is -1.55. The number of aliphatic carboxylic acids is 1. The highest BCUT2D eigenvalue weighted by atomic mass is 16.4. The van der Waals surface area contributed by atoms with E-state index < -0.39 is 11.5 Å². The molecule has 0 aliphatic carbocycles. The molecule has 0 amide bonds. The van der Waals surface area contributed by atoms with E-state index in [-0.39, 0.29) is 5.75 Å². The highest BCUT2D eigenvalue weighted by Gasteiger charge is 2.40. The molecule has 4 heteroatoms. The van der Waals surface area contributed by atoms with Gasteiger partial charge >= 0.3 is 5.97 Å². The smallest absolute Gasteiger partial charge is 0.323 e. The van der Waals surface area contributed by atoms with Crippen molar-refractivity contribution in [2.24, 2.45) is 0 Å². The number of rotatable bonds is 5. The molecule has 1 aliphatic rings. The highest BCUT2D eigenvalue weighted by molar-refractivity contribution is 5.78. The van der Waals surface area contributed by atoms with E-state index in [4.69, 9.17) is 0 Å². The maximum absolute atomic E-state index is 11.6. The second-order valence-corrected chi connectivity index (χ2v) is 5.44. The lowest BCUT2D eigenvalue weighted by Gasteiger charge is -2.35. The topological polar surface area (TPSA) is 60.8 Å². The van der Waals surface area contributed by atoms with Gasteiger partial charge in [-0.2, -0.15) is 0 Å². The van der Waals surface area contributed by atoms with Crippen LogP contribution in [-0.2, 0) is 11.2 Å². The Morgan fingerprint density at radius 1 is 1.26 bits per heavy atom. The molecule has 0 radical (unpaired) electrons. The number of phenolic OH excluding ortho intramolecular Hbond substituents is 1. The van der Waals surface area contributed by atoms with Crippen LogP contribution in [0.3, 0.4) is 0 Å². The van der Waals surface area contributed by atoms with E-state index in [2.05, 4.69) is 4.90 Å². The summed E-state index contributed by atoms with van der Waals surface area (Å²) >= 11 is 0. The van der Waals surface area contributed by atoms with Crippen molar-refractivity contribution in [1.29, 1.82) is 0 Å². The van der Waals surface area contributed by atoms with Crippen LogP contribution in [0, 0.1) is 0 Å². The van der Waals surface area contributed by atoms with E-state index in [1.54, 1.807) is 12.1 Å². The standard InChI is InChI=1S/C15H21NO3/c1-15(14(18)19,16-10-2-3-11-16)9-8-12-4-6-13(17)7-5-12/h4-7,17H,2-3,8-11H2,1H3,(H,18,19). The van der Waals surface area contributed by atoms with E-state index in [0.29, 0.717) is 12.8 Å². The summed E-state index contributed by atoms with van der Waals surface area (Å²) in [5, 5.41) is 18.8. The molecule has 1 saturated heterocycles. The lowest BCUT2D eigenvalue weighted by atomic mass is 9.91. The van der Waals surface area contributed by atoms with Crippen molar-refractivity contribution >= 4 is 5.97 Å². The first kappa shape index (κ1) is 13.9. The van der Waals surface area contributed by atoms with Crippen LogP contribution in [0.4, 0.5) is 0 Å². The number of likely N-dealkylation sites (tertiary alicyclic amines) is 1. The second kappa shape index (κ2) is 5.61. The summed E-state index contributed by atoms with van der Waals surface area (Å²) in [7, 11) is 0. The van der Waals surface area contributed by atoms with Gasteiger partial charge in [-0.3, -0.25) is 9.69 Å². The van der Waals surface area contributed by atoms with Crippen molar-refractivity contribution in [2.75, 3.05) is 13.1 Å². The molecule has 0 aromatic heterocycles. The molecule has 0 saturated carbocycles. The highest BCUT2D eigenvalue weighted by Crippen LogP contribution is 2.27. The number of carboxylic acid groups (broad SMARTS) is 1. The fourth-order valence-electron chi connectivity index (χ4n) is 2.66. The molecule has 2 N–H and O–H groups in total. The van der Waals surface area contributed by atoms with E-state index in [9.17, 15) is 15.0 Å². The summed E-state index contributed by atoms with van der Waals surface area (Å²) in [6, 6.07) is 6.98. The maximum atomic E-state index is 11.6. The maximum Gasteiger partial charge on any atom is 0.323 e. The lowest BCUT2D eigenvalue weighted by Crippen LogP contribution is -2.51. The quantitative estimate of drug-likeness (QED) is 0.855. The third-order valence-corrected chi connectivity index (χ3v) is 4.10. The molecule has 1 atom stereocenters. The Kier molecular flexibility index (Phi) is 4.10. The zero-order valence-corrected chi connectivity index (χ0v) is 11.3. The van der Waals surface area contributed by atoms with Crippen LogP contribution in [0.25, 0.3) is 0 Å². The van der Waals surface area contributed by atoms with Gasteiger partial charge in [0.05, 0.1) is 0 Å². The number of nitrogens with zero attached hydrogens (tertiary/aromatic N) is 1. The number of phenols is 1. The Labute approximate surface area is 113 Å². The molecule has 1 unspecified atom stereocenters. The lowest BCUT2D eigenvalue weighted by molar-refractivity contribution is -0.150. The van der Waals surface area contributed by atoms with Gasteiger partial charge in [0.2, 0.25) is 0 Å². The zero-order valence-electron chi connectivity index (χ0n) is 11.3. The van der Waals surface area contributed by atoms with Gasteiger partial charge in [0.15, 0.2) is 0 Å². The summed E-state index contributed by atoms with van der Waals surface area (Å²) in [4.78, 5) is 13.7. The van der Waals surface area contributed by atoms with Crippen molar-refractivity contribution < 1.29 is 15.0 Å². The van der Waals surface area contributed by atoms with Crippen LogP contribution < -0.4 is 0 Å². The zero-order chi connectivity index (χ0) is 13.9. The first-order valence-electron chi connectivity index (χ1n) is 6.79. The van der Waals surface area contributed by atoms with E-state index in [1.807, 2.05) is 19.1 Å². The average Bonchev–Trinajstić information content (AvgIpc) is 2.92. The van der Waals surface area contributed by atoms with Crippen molar-refractivity contribution in [3.05, 3.63) is 29.8 Å². The molecule has 0 spiro atoms. The summed E-state index contributed by atoms with van der Waals surface area (Å²) in [5.41, 5.74) is 0.276. The molecule has 0 bridgehead atoms. The number of aryl methyl sites for hydroxylation is 1. The van der Waals surface area contributed by atoms with Gasteiger partial charge < -0.3 is 10.2 Å². The molecule has 104 valence electrons. The number of aromatic hydroxyl groups is 1. The summed E-state index contributed by atoms with van der Waals surface area (Å²) in [6.45, 7) is 3.57. The fourth-order valence-corrected chi connectivity index (χ4v) is 2.66. The van der Waals surface area contributed by atoms with E-state index in [0.717, 1.165) is 31.5 Å². The molecule has 1 fully saturated rings. The molecule has 1 aliphatic heterocycles. The summed E-state index contributed by atoms with van der Waals surface area (Å²) in [5.74, 6) is -0.502. The Bertz CT molecular complexity index is 437. The second-order valence-electron chi connectivity index (χ2n) is 5.44. The molecular formula is C15H21NO3. The third-order valence-electron chi connectivity index (χ3n) is 4.10. The largest absolute Gasteiger partial charge is 0.508 e. The predicted molar refractivity (Wildman–Crippen MR) is 73.3 cm³/mol. The van der Waals surface area contributed by atoms with Crippen LogP contribution in [0.5, 0.6) is 5.75 Å². The molecule has 1 heterocycles. The summed E-state index contributed by atoms with van der Waals surface area (Å²) < 4.78 is 0. The van der Waals surface area contributed by atoms with Crippen LogP contribution >= 0.6 is 0 Å². The predicted octanol–water partition coefficient (Wildman–Crippen LogP) is 2.26. The molecule has 4 nitrogen and oxygen atoms in total. The minimum Gasteiger partial charge on any atom is -0.508 e. The third kappa shape index (κ3) is 3.07. The van der Waals surface area contributed by atoms with Gasteiger partial charge in [0.1, 0.15) is 11.3 Å². The first-order chi connectivity index (χ1) is 9.02. The minimum absolute atomic E-state index is 0.240. The average molecular weight is 263 g/mol. The number of hydrogen-bond acceptors (Lipinski definition) is 3. The Morgan fingerprint density at radius 3 is 2.37 bits per heavy atom. The summed E-state index contributed by atoms with van der Waals surface area (Å²) in [6.07, 6.45) is 3.47. The minimum atomic E-state index is -0.783. The van der Waals surface area contributed by atoms with Gasteiger partial charge in [-0.25, -0.2) is 0 Å². The SMILES string of the molecule is CC(CCc1ccc(O)cc1)(C(=O)O)N1CCCC1. The van der Waals surface area contributed by atoms with Gasteiger partial charge in [-0.1, -0.05) is 12.1 Å². The number of hydrogen-bond donors (Lipinski definition) is 2. The monoisotopic (exact) mass is 263 g/mol. The fraction of sp³-hybridized carbons (Fsp3) is 0.533. The number of carboxylic acids is 1. The molecular weight excluding hydrogens is 242 g/mol. The normalized spacial score (nSPS) is 19.2. The number of benzene rings is 1. The molecule has 2 rings (SSSR count). The van der Waals surface area contributed by atoms with Crippen molar-refractivity contribution in [2.45, 2.75) is 38.1 Å². The van der Waals surface area contributed by atoms with Gasteiger partial charge in [-0.05, 0) is 63.4 Å². The van der Waals surface area contributed by atoms with Gasteiger partial charge in [0, 0.05) is 0 Å². The van der Waals surface area contributed by atoms with Crippen LogP contribution in [0.1, 0.15) is 31.7 Å². The van der Waals surface area contributed by atoms with Gasteiger partial charge in [0.25, 0.3) is 0 Å². The molecule has 19 heavy (non-hydrogen) atoms. The van der Waals surface area contributed by atoms with Crippen LogP contribution in [-0.4, -0.2) is 39.7 Å². The van der Waals surface area contributed by atoms with E-state index in [1.165, 1.54) is 0 Å². The Morgan fingerprint density at radius 2 is 1.84 bits per heavy atom. The first-order valence-corrected chi connectivity index (χ1v) is 6.79. The van der Waals surface area contributed by atoms with Crippen molar-refractivity contribution in [3.63, 3.8) is 0 Å². The van der Waals surface area contributed by atoms with E-state index >= 15 is 0 Å². The molecule has 1 aromatic rings. The Balaban J connectivity index is 2.04. The van der Waals surface area contributed by atoms with Crippen LogP contribution in [0.15, 0.2) is 24.3 Å². The van der Waals surface area contributed by atoms with Crippen LogP contribution in [0.2, 0.25) is 0 Å². The molecule has 1 aromatic carbocycles.